The molecule has 1 N–H and O–H groups in total. The van der Waals surface area contributed by atoms with E-state index in [1.54, 1.807) is 6.33 Å². The van der Waals surface area contributed by atoms with Crippen molar-refractivity contribution in [3.05, 3.63) is 46.2 Å². The summed E-state index contributed by atoms with van der Waals surface area (Å²) in [6.45, 7) is 2.82. The van der Waals surface area contributed by atoms with Gasteiger partial charge >= 0.3 is 0 Å². The zero-order valence-electron chi connectivity index (χ0n) is 11.3. The Kier molecular flexibility index (Phi) is 4.37. The molecule has 2 aromatic rings. The summed E-state index contributed by atoms with van der Waals surface area (Å²) < 4.78 is 1.11. The van der Waals surface area contributed by atoms with Gasteiger partial charge in [0.15, 0.2) is 0 Å². The average molecular weight is 321 g/mol. The van der Waals surface area contributed by atoms with Gasteiger partial charge in [0.05, 0.1) is 0 Å². The lowest BCUT2D eigenvalue weighted by Gasteiger charge is -2.21. The second-order valence-corrected chi connectivity index (χ2v) is 5.22. The first-order valence-corrected chi connectivity index (χ1v) is 6.86. The summed E-state index contributed by atoms with van der Waals surface area (Å²) in [5, 5.41) is 3.08. The lowest BCUT2D eigenvalue weighted by Crippen LogP contribution is -2.20. The van der Waals surface area contributed by atoms with Gasteiger partial charge in [0, 0.05) is 30.7 Å². The van der Waals surface area contributed by atoms with Crippen LogP contribution < -0.4 is 10.2 Å². The van der Waals surface area contributed by atoms with E-state index < -0.39 is 0 Å². The Bertz CT molecular complexity index is 571. The molecule has 1 aromatic carbocycles. The second kappa shape index (κ2) is 6.02. The molecule has 0 spiro atoms. The minimum Gasteiger partial charge on any atom is -0.373 e. The first kappa shape index (κ1) is 13.8. The third-order valence-corrected chi connectivity index (χ3v) is 3.79. The van der Waals surface area contributed by atoms with E-state index in [4.69, 9.17) is 0 Å². The molecule has 0 atom stereocenters. The number of hydrogen-bond donors (Lipinski definition) is 1. The highest BCUT2D eigenvalue weighted by Gasteiger charge is 2.11. The fourth-order valence-electron chi connectivity index (χ4n) is 2.03. The van der Waals surface area contributed by atoms with Gasteiger partial charge in [-0.2, -0.15) is 0 Å². The summed E-state index contributed by atoms with van der Waals surface area (Å²) in [5.41, 5.74) is 2.29. The van der Waals surface area contributed by atoms with Gasteiger partial charge in [0.25, 0.3) is 0 Å². The molecule has 0 fully saturated rings. The van der Waals surface area contributed by atoms with Crippen molar-refractivity contribution in [2.45, 2.75) is 13.5 Å². The van der Waals surface area contributed by atoms with Gasteiger partial charge in [-0.1, -0.05) is 34.1 Å². The first-order chi connectivity index (χ1) is 9.13. The molecule has 0 radical (unpaired) electrons. The van der Waals surface area contributed by atoms with Crippen LogP contribution in [-0.4, -0.2) is 24.1 Å². The van der Waals surface area contributed by atoms with Crippen molar-refractivity contribution in [2.24, 2.45) is 0 Å². The van der Waals surface area contributed by atoms with Crippen molar-refractivity contribution in [3.63, 3.8) is 0 Å². The summed E-state index contributed by atoms with van der Waals surface area (Å²) in [7, 11) is 3.90. The van der Waals surface area contributed by atoms with E-state index >= 15 is 0 Å². The molecule has 2 rings (SSSR count). The zero-order chi connectivity index (χ0) is 13.8. The van der Waals surface area contributed by atoms with E-state index in [2.05, 4.69) is 48.2 Å². The molecule has 0 saturated heterocycles. The SMILES string of the molecule is CNc1ncnc(N(C)Cc2ccccc2Br)c1C. The molecule has 5 heteroatoms. The summed E-state index contributed by atoms with van der Waals surface area (Å²) >= 11 is 3.57. The average Bonchev–Trinajstić information content (AvgIpc) is 2.41. The van der Waals surface area contributed by atoms with Gasteiger partial charge in [-0.15, -0.1) is 0 Å². The van der Waals surface area contributed by atoms with Gasteiger partial charge in [-0.3, -0.25) is 0 Å². The maximum Gasteiger partial charge on any atom is 0.137 e. The molecule has 4 nitrogen and oxygen atoms in total. The number of benzene rings is 1. The van der Waals surface area contributed by atoms with Crippen molar-refractivity contribution in [1.82, 2.24) is 9.97 Å². The monoisotopic (exact) mass is 320 g/mol. The number of nitrogens with one attached hydrogen (secondary N) is 1. The number of hydrogen-bond acceptors (Lipinski definition) is 4. The largest absolute Gasteiger partial charge is 0.373 e. The molecule has 100 valence electrons. The van der Waals surface area contributed by atoms with E-state index in [0.717, 1.165) is 28.2 Å². The van der Waals surface area contributed by atoms with Gasteiger partial charge in [-0.05, 0) is 18.6 Å². The quantitative estimate of drug-likeness (QED) is 0.939. The van der Waals surface area contributed by atoms with Gasteiger partial charge < -0.3 is 10.2 Å². The fourth-order valence-corrected chi connectivity index (χ4v) is 2.44. The van der Waals surface area contributed by atoms with E-state index in [9.17, 15) is 0 Å². The number of rotatable bonds is 4. The molecule has 0 aliphatic rings. The summed E-state index contributed by atoms with van der Waals surface area (Å²) in [6, 6.07) is 8.22. The van der Waals surface area contributed by atoms with Crippen molar-refractivity contribution < 1.29 is 0 Å². The first-order valence-electron chi connectivity index (χ1n) is 6.07. The fraction of sp³-hybridized carbons (Fsp3) is 0.286. The minimum absolute atomic E-state index is 0.794. The molecule has 0 unspecified atom stereocenters. The Morgan fingerprint density at radius 3 is 2.68 bits per heavy atom. The second-order valence-electron chi connectivity index (χ2n) is 4.37. The molecule has 0 saturated carbocycles. The van der Waals surface area contributed by atoms with Crippen LogP contribution in [0.4, 0.5) is 11.6 Å². The number of anilines is 2. The highest BCUT2D eigenvalue weighted by atomic mass is 79.9. The Labute approximate surface area is 122 Å². The standard InChI is InChI=1S/C14H17BrN4/c1-10-13(16-2)17-9-18-14(10)19(3)8-11-6-4-5-7-12(11)15/h4-7,9H,8H2,1-3H3,(H,16,17,18). The summed E-state index contributed by atoms with van der Waals surface area (Å²) in [5.74, 6) is 1.80. The van der Waals surface area contributed by atoms with Crippen molar-refractivity contribution in [2.75, 3.05) is 24.3 Å². The van der Waals surface area contributed by atoms with Gasteiger partial charge in [-0.25, -0.2) is 9.97 Å². The number of aromatic nitrogens is 2. The van der Waals surface area contributed by atoms with Crippen LogP contribution in [0.1, 0.15) is 11.1 Å². The van der Waals surface area contributed by atoms with Crippen LogP contribution in [0.2, 0.25) is 0 Å². The highest BCUT2D eigenvalue weighted by Crippen LogP contribution is 2.24. The lowest BCUT2D eigenvalue weighted by molar-refractivity contribution is 0.879. The maximum atomic E-state index is 4.37. The normalized spacial score (nSPS) is 10.3. The van der Waals surface area contributed by atoms with Crippen LogP contribution in [0.25, 0.3) is 0 Å². The van der Waals surface area contributed by atoms with E-state index in [1.165, 1.54) is 5.56 Å². The molecule has 0 aliphatic carbocycles. The molecule has 0 amide bonds. The maximum absolute atomic E-state index is 4.37. The van der Waals surface area contributed by atoms with Gasteiger partial charge in [0.2, 0.25) is 0 Å². The van der Waals surface area contributed by atoms with E-state index in [-0.39, 0.29) is 0 Å². The van der Waals surface area contributed by atoms with Crippen molar-refractivity contribution >= 4 is 27.6 Å². The third-order valence-electron chi connectivity index (χ3n) is 3.02. The zero-order valence-corrected chi connectivity index (χ0v) is 12.9. The predicted octanol–water partition coefficient (Wildman–Crippen LogP) is 3.23. The Hall–Kier alpha value is -1.62. The molecule has 1 aromatic heterocycles. The highest BCUT2D eigenvalue weighted by molar-refractivity contribution is 9.10. The minimum atomic E-state index is 0.794. The Morgan fingerprint density at radius 1 is 1.26 bits per heavy atom. The smallest absolute Gasteiger partial charge is 0.137 e. The molecule has 0 bridgehead atoms. The van der Waals surface area contributed by atoms with Crippen molar-refractivity contribution in [1.29, 1.82) is 0 Å². The van der Waals surface area contributed by atoms with Crippen LogP contribution in [0, 0.1) is 6.92 Å². The Morgan fingerprint density at radius 2 is 2.00 bits per heavy atom. The molecule has 1 heterocycles. The van der Waals surface area contributed by atoms with Crippen LogP contribution in [-0.2, 0) is 6.54 Å². The summed E-state index contributed by atoms with van der Waals surface area (Å²) in [6.07, 6.45) is 1.59. The van der Waals surface area contributed by atoms with Crippen LogP contribution in [0.3, 0.4) is 0 Å². The third kappa shape index (κ3) is 3.04. The molecule has 19 heavy (non-hydrogen) atoms. The lowest BCUT2D eigenvalue weighted by atomic mass is 10.2. The topological polar surface area (TPSA) is 41.1 Å². The van der Waals surface area contributed by atoms with Crippen LogP contribution >= 0.6 is 15.9 Å². The van der Waals surface area contributed by atoms with Crippen LogP contribution in [0.5, 0.6) is 0 Å². The Balaban J connectivity index is 2.26. The molecular formula is C14H17BrN4. The molecule has 0 aliphatic heterocycles. The molecular weight excluding hydrogens is 304 g/mol. The van der Waals surface area contributed by atoms with Crippen molar-refractivity contribution in [3.8, 4) is 0 Å². The van der Waals surface area contributed by atoms with E-state index in [0.29, 0.717) is 0 Å². The van der Waals surface area contributed by atoms with Gasteiger partial charge in [0.1, 0.15) is 18.0 Å². The number of halogens is 1. The summed E-state index contributed by atoms with van der Waals surface area (Å²) in [4.78, 5) is 10.7. The van der Waals surface area contributed by atoms with E-state index in [1.807, 2.05) is 33.2 Å². The van der Waals surface area contributed by atoms with Crippen LogP contribution in [0.15, 0.2) is 35.1 Å². The predicted molar refractivity (Wildman–Crippen MR) is 82.6 cm³/mol. The number of nitrogens with zero attached hydrogens (tertiary/aromatic N) is 3.